The van der Waals surface area contributed by atoms with Crippen LogP contribution in [0.1, 0.15) is 15.4 Å². The summed E-state index contributed by atoms with van der Waals surface area (Å²) in [6.45, 7) is 1.79. The molecule has 29 heavy (non-hydrogen) atoms. The molecular formula is C21H15FN4OS2. The number of benzene rings is 1. The smallest absolute Gasteiger partial charge is 0.267 e. The highest BCUT2D eigenvalue weighted by molar-refractivity contribution is 7.99. The molecule has 0 fully saturated rings. The monoisotopic (exact) mass is 422 g/mol. The van der Waals surface area contributed by atoms with E-state index in [1.807, 2.05) is 18.2 Å². The van der Waals surface area contributed by atoms with Gasteiger partial charge in [0.05, 0.1) is 5.69 Å². The highest BCUT2D eigenvalue weighted by Gasteiger charge is 2.17. The van der Waals surface area contributed by atoms with Gasteiger partial charge in [0.15, 0.2) is 0 Å². The maximum atomic E-state index is 13.1. The molecule has 0 radical (unpaired) electrons. The molecule has 0 atom stereocenters. The van der Waals surface area contributed by atoms with Crippen LogP contribution in [0.25, 0.3) is 10.6 Å². The van der Waals surface area contributed by atoms with E-state index in [1.54, 1.807) is 43.6 Å². The number of amides is 1. The normalized spacial score (nSPS) is 10.7. The molecule has 0 aliphatic carbocycles. The van der Waals surface area contributed by atoms with Crippen LogP contribution in [0.15, 0.2) is 77.0 Å². The van der Waals surface area contributed by atoms with Crippen molar-refractivity contribution in [3.63, 3.8) is 0 Å². The first-order valence-electron chi connectivity index (χ1n) is 8.68. The summed E-state index contributed by atoms with van der Waals surface area (Å²) in [5.41, 5.74) is 2.04. The van der Waals surface area contributed by atoms with Crippen molar-refractivity contribution in [3.8, 4) is 10.6 Å². The van der Waals surface area contributed by atoms with Gasteiger partial charge in [0.1, 0.15) is 25.8 Å². The van der Waals surface area contributed by atoms with E-state index in [0.29, 0.717) is 21.3 Å². The molecule has 4 aromatic rings. The van der Waals surface area contributed by atoms with Crippen molar-refractivity contribution in [1.82, 2.24) is 15.0 Å². The molecule has 0 unspecified atom stereocenters. The molecule has 1 amide bonds. The van der Waals surface area contributed by atoms with Crippen molar-refractivity contribution in [2.75, 3.05) is 5.32 Å². The van der Waals surface area contributed by atoms with Crippen LogP contribution in [0.3, 0.4) is 0 Å². The Morgan fingerprint density at radius 1 is 1.03 bits per heavy atom. The SMILES string of the molecule is Cc1nc(-c2ccc(F)cc2)sc1C(=O)Nc1ccnc(Sc2ccccn2)c1. The fourth-order valence-electron chi connectivity index (χ4n) is 2.57. The number of rotatable bonds is 5. The minimum atomic E-state index is -0.308. The Kier molecular flexibility index (Phi) is 5.64. The number of nitrogens with zero attached hydrogens (tertiary/aromatic N) is 3. The fraction of sp³-hybridized carbons (Fsp3) is 0.0476. The minimum Gasteiger partial charge on any atom is -0.321 e. The van der Waals surface area contributed by atoms with Crippen LogP contribution in [0.5, 0.6) is 0 Å². The summed E-state index contributed by atoms with van der Waals surface area (Å²) in [4.78, 5) is 26.3. The van der Waals surface area contributed by atoms with Gasteiger partial charge in [-0.25, -0.2) is 19.3 Å². The molecule has 0 spiro atoms. The Morgan fingerprint density at radius 3 is 2.59 bits per heavy atom. The van der Waals surface area contributed by atoms with Crippen molar-refractivity contribution in [1.29, 1.82) is 0 Å². The van der Waals surface area contributed by atoms with Crippen LogP contribution in [-0.2, 0) is 0 Å². The molecule has 0 aliphatic heterocycles. The lowest BCUT2D eigenvalue weighted by atomic mass is 10.2. The van der Waals surface area contributed by atoms with Gasteiger partial charge in [-0.05, 0) is 55.5 Å². The zero-order chi connectivity index (χ0) is 20.2. The molecule has 1 N–H and O–H groups in total. The predicted molar refractivity (Wildman–Crippen MR) is 113 cm³/mol. The number of hydrogen-bond acceptors (Lipinski definition) is 6. The van der Waals surface area contributed by atoms with Crippen LogP contribution < -0.4 is 5.32 Å². The zero-order valence-corrected chi connectivity index (χ0v) is 16.9. The molecule has 4 rings (SSSR count). The Labute approximate surface area is 175 Å². The Bertz CT molecular complexity index is 1150. The van der Waals surface area contributed by atoms with Gasteiger partial charge < -0.3 is 5.32 Å². The first-order chi connectivity index (χ1) is 14.1. The lowest BCUT2D eigenvalue weighted by molar-refractivity contribution is 0.103. The lowest BCUT2D eigenvalue weighted by Crippen LogP contribution is -2.11. The first kappa shape index (κ1) is 19.2. The first-order valence-corrected chi connectivity index (χ1v) is 10.3. The minimum absolute atomic E-state index is 0.242. The largest absolute Gasteiger partial charge is 0.321 e. The highest BCUT2D eigenvalue weighted by atomic mass is 32.2. The molecule has 3 aromatic heterocycles. The standard InChI is InChI=1S/C21H15FN4OS2/c1-13-19(29-21(25-13)14-5-7-15(22)8-6-14)20(27)26-16-9-11-24-18(12-16)28-17-4-2-3-10-23-17/h2-12H,1H3,(H,24,26,27). The lowest BCUT2D eigenvalue weighted by Gasteiger charge is -2.06. The van der Waals surface area contributed by atoms with E-state index in [9.17, 15) is 9.18 Å². The number of aromatic nitrogens is 3. The Hall–Kier alpha value is -3.10. The maximum Gasteiger partial charge on any atom is 0.267 e. The molecule has 8 heteroatoms. The van der Waals surface area contributed by atoms with Gasteiger partial charge in [0, 0.05) is 23.6 Å². The molecule has 5 nitrogen and oxygen atoms in total. The third kappa shape index (κ3) is 4.67. The summed E-state index contributed by atoms with van der Waals surface area (Å²) in [7, 11) is 0. The van der Waals surface area contributed by atoms with Gasteiger partial charge in [0.25, 0.3) is 5.91 Å². The summed E-state index contributed by atoms with van der Waals surface area (Å²) in [6.07, 6.45) is 3.36. The third-order valence-electron chi connectivity index (χ3n) is 3.93. The second-order valence-electron chi connectivity index (χ2n) is 6.05. The average molecular weight is 423 g/mol. The number of pyridine rings is 2. The van der Waals surface area contributed by atoms with Gasteiger partial charge in [0.2, 0.25) is 0 Å². The number of nitrogens with one attached hydrogen (secondary N) is 1. The van der Waals surface area contributed by atoms with Gasteiger partial charge in [-0.15, -0.1) is 11.3 Å². The fourth-order valence-corrected chi connectivity index (χ4v) is 4.31. The van der Waals surface area contributed by atoms with E-state index >= 15 is 0 Å². The van der Waals surface area contributed by atoms with Crippen LogP contribution in [-0.4, -0.2) is 20.9 Å². The topological polar surface area (TPSA) is 67.8 Å². The third-order valence-corrected chi connectivity index (χ3v) is 6.02. The molecule has 3 heterocycles. The van der Waals surface area contributed by atoms with E-state index in [-0.39, 0.29) is 11.7 Å². The van der Waals surface area contributed by atoms with Crippen molar-refractivity contribution in [2.45, 2.75) is 17.0 Å². The van der Waals surface area contributed by atoms with Crippen molar-refractivity contribution < 1.29 is 9.18 Å². The van der Waals surface area contributed by atoms with E-state index in [1.165, 1.54) is 35.2 Å². The number of aryl methyl sites for hydroxylation is 1. The van der Waals surface area contributed by atoms with Crippen molar-refractivity contribution in [2.24, 2.45) is 0 Å². The molecule has 0 saturated carbocycles. The summed E-state index contributed by atoms with van der Waals surface area (Å²) in [5, 5.41) is 5.13. The summed E-state index contributed by atoms with van der Waals surface area (Å²) in [6, 6.07) is 15.3. The van der Waals surface area contributed by atoms with Crippen molar-refractivity contribution >= 4 is 34.7 Å². The van der Waals surface area contributed by atoms with Gasteiger partial charge in [-0.2, -0.15) is 0 Å². The number of hydrogen-bond donors (Lipinski definition) is 1. The highest BCUT2D eigenvalue weighted by Crippen LogP contribution is 2.29. The van der Waals surface area contributed by atoms with E-state index in [4.69, 9.17) is 0 Å². The number of anilines is 1. The average Bonchev–Trinajstić information content (AvgIpc) is 3.11. The summed E-state index contributed by atoms with van der Waals surface area (Å²) < 4.78 is 13.1. The van der Waals surface area contributed by atoms with Crippen LogP contribution >= 0.6 is 23.1 Å². The van der Waals surface area contributed by atoms with E-state index in [0.717, 1.165) is 15.6 Å². The van der Waals surface area contributed by atoms with E-state index in [2.05, 4.69) is 20.3 Å². The van der Waals surface area contributed by atoms with Crippen LogP contribution in [0, 0.1) is 12.7 Å². The van der Waals surface area contributed by atoms with Gasteiger partial charge in [-0.3, -0.25) is 4.79 Å². The summed E-state index contributed by atoms with van der Waals surface area (Å²) in [5.74, 6) is -0.551. The van der Waals surface area contributed by atoms with Crippen LogP contribution in [0.2, 0.25) is 0 Å². The zero-order valence-electron chi connectivity index (χ0n) is 15.3. The number of thiazole rings is 1. The van der Waals surface area contributed by atoms with Crippen LogP contribution in [0.4, 0.5) is 10.1 Å². The number of halogens is 1. The van der Waals surface area contributed by atoms with Gasteiger partial charge >= 0.3 is 0 Å². The maximum absolute atomic E-state index is 13.1. The van der Waals surface area contributed by atoms with Crippen molar-refractivity contribution in [3.05, 3.63) is 83.4 Å². The number of carbonyl (C=O) groups excluding carboxylic acids is 1. The summed E-state index contributed by atoms with van der Waals surface area (Å²) >= 11 is 2.69. The molecule has 144 valence electrons. The molecular weight excluding hydrogens is 407 g/mol. The van der Waals surface area contributed by atoms with Gasteiger partial charge in [-0.1, -0.05) is 17.8 Å². The molecule has 0 saturated heterocycles. The van der Waals surface area contributed by atoms with E-state index < -0.39 is 0 Å². The Morgan fingerprint density at radius 2 is 1.83 bits per heavy atom. The molecule has 0 aliphatic rings. The molecule has 0 bridgehead atoms. The Balaban J connectivity index is 1.51. The second kappa shape index (κ2) is 8.50. The molecule has 1 aromatic carbocycles. The predicted octanol–water partition coefficient (Wildman–Crippen LogP) is 5.45. The number of carbonyl (C=O) groups is 1. The quantitative estimate of drug-likeness (QED) is 0.463. The second-order valence-corrected chi connectivity index (χ2v) is 8.09.